The highest BCUT2D eigenvalue weighted by Crippen LogP contribution is 2.20. The van der Waals surface area contributed by atoms with Crippen LogP contribution in [-0.4, -0.2) is 59.2 Å². The summed E-state index contributed by atoms with van der Waals surface area (Å²) in [7, 11) is -0.114. The zero-order valence-corrected chi connectivity index (χ0v) is 16.0. The Balaban J connectivity index is 1.76. The first-order valence-electron chi connectivity index (χ1n) is 8.03. The largest absolute Gasteiger partial charge is 0.369 e. The molecule has 3 aromatic rings. The molecule has 1 aromatic carbocycles. The minimum absolute atomic E-state index is 0.0337. The second-order valence-corrected chi connectivity index (χ2v) is 7.63. The highest BCUT2D eigenvalue weighted by Gasteiger charge is 2.13. The molecule has 0 fully saturated rings. The van der Waals surface area contributed by atoms with Gasteiger partial charge in [0.1, 0.15) is 12.9 Å². The van der Waals surface area contributed by atoms with Crippen molar-refractivity contribution in [3.05, 3.63) is 36.9 Å². The maximum atomic E-state index is 12.3. The number of fused-ring (bicyclic) bond motifs is 1. The van der Waals surface area contributed by atoms with Crippen LogP contribution in [0.4, 0.5) is 11.5 Å². The number of aromatic nitrogens is 4. The van der Waals surface area contributed by atoms with E-state index in [4.69, 9.17) is 5.14 Å². The van der Waals surface area contributed by atoms with E-state index in [1.165, 1.54) is 36.9 Å². The van der Waals surface area contributed by atoms with Gasteiger partial charge in [0, 0.05) is 19.8 Å². The second-order valence-electron chi connectivity index (χ2n) is 6.07. The Kier molecular flexibility index (Phi) is 5.33. The molecule has 3 rings (SSSR count). The number of nitrogens with one attached hydrogen (secondary N) is 1. The highest BCUT2D eigenvalue weighted by molar-refractivity contribution is 7.89. The van der Waals surface area contributed by atoms with Crippen molar-refractivity contribution < 1.29 is 13.2 Å². The van der Waals surface area contributed by atoms with Crippen molar-refractivity contribution in [1.29, 1.82) is 0 Å². The van der Waals surface area contributed by atoms with Gasteiger partial charge in [0.15, 0.2) is 17.0 Å². The molecule has 0 aliphatic heterocycles. The van der Waals surface area contributed by atoms with E-state index in [9.17, 15) is 13.2 Å². The van der Waals surface area contributed by atoms with Crippen LogP contribution in [0, 0.1) is 0 Å². The van der Waals surface area contributed by atoms with Crippen LogP contribution in [0.25, 0.3) is 11.2 Å². The SMILES string of the molecule is CN(C)C=Nc1ncnc2c1ncn2CC(=O)Nc1ccc(S(N)(=O)=O)cc1. The van der Waals surface area contributed by atoms with Gasteiger partial charge in [0.05, 0.1) is 17.6 Å². The number of amides is 1. The van der Waals surface area contributed by atoms with Crippen molar-refractivity contribution in [2.24, 2.45) is 10.1 Å². The zero-order valence-electron chi connectivity index (χ0n) is 15.1. The standard InChI is InChI=1S/C16H18N8O3S/c1-23(2)9-21-15-14-16(19-8-18-15)24(10-20-14)7-13(25)22-11-3-5-12(6-4-11)28(17,26)27/h3-6,8-10H,7H2,1-2H3,(H,22,25)(H2,17,26,27). The lowest BCUT2D eigenvalue weighted by Crippen LogP contribution is -2.18. The summed E-state index contributed by atoms with van der Waals surface area (Å²) in [5.41, 5.74) is 1.39. The summed E-state index contributed by atoms with van der Waals surface area (Å²) in [6, 6.07) is 5.55. The number of rotatable bonds is 6. The first-order chi connectivity index (χ1) is 13.2. The van der Waals surface area contributed by atoms with Crippen LogP contribution in [0.5, 0.6) is 0 Å². The normalized spacial score (nSPS) is 11.8. The Hall–Kier alpha value is -3.38. The Morgan fingerprint density at radius 2 is 1.96 bits per heavy atom. The first kappa shape index (κ1) is 19.4. The number of carbonyl (C=O) groups is 1. The van der Waals surface area contributed by atoms with Crippen LogP contribution in [0.3, 0.4) is 0 Å². The molecule has 12 heteroatoms. The van der Waals surface area contributed by atoms with E-state index in [0.717, 1.165) is 0 Å². The van der Waals surface area contributed by atoms with Crippen LogP contribution >= 0.6 is 0 Å². The number of imidazole rings is 1. The number of hydrogen-bond donors (Lipinski definition) is 2. The van der Waals surface area contributed by atoms with Gasteiger partial charge in [-0.15, -0.1) is 0 Å². The van der Waals surface area contributed by atoms with Gasteiger partial charge in [-0.1, -0.05) is 0 Å². The molecule has 0 aliphatic carbocycles. The lowest BCUT2D eigenvalue weighted by molar-refractivity contribution is -0.116. The fourth-order valence-corrected chi connectivity index (χ4v) is 2.85. The third-order valence-corrected chi connectivity index (χ3v) is 4.50. The Bertz CT molecular complexity index is 1140. The Morgan fingerprint density at radius 1 is 1.25 bits per heavy atom. The molecule has 0 saturated carbocycles. The van der Waals surface area contributed by atoms with Crippen molar-refractivity contribution in [1.82, 2.24) is 24.4 Å². The molecule has 28 heavy (non-hydrogen) atoms. The zero-order chi connectivity index (χ0) is 20.3. The van der Waals surface area contributed by atoms with Crippen LogP contribution in [0.2, 0.25) is 0 Å². The Labute approximate surface area is 161 Å². The highest BCUT2D eigenvalue weighted by atomic mass is 32.2. The van der Waals surface area contributed by atoms with E-state index in [1.807, 2.05) is 14.1 Å². The average molecular weight is 402 g/mol. The van der Waals surface area contributed by atoms with Crippen LogP contribution in [0.15, 0.2) is 46.8 Å². The fraction of sp³-hybridized carbons (Fsp3) is 0.188. The molecule has 2 heterocycles. The maximum absolute atomic E-state index is 12.3. The molecule has 1 amide bonds. The van der Waals surface area contributed by atoms with Gasteiger partial charge in [-0.05, 0) is 24.3 Å². The lowest BCUT2D eigenvalue weighted by atomic mass is 10.3. The summed E-state index contributed by atoms with van der Waals surface area (Å²) in [5, 5.41) is 7.73. The van der Waals surface area contributed by atoms with Gasteiger partial charge in [-0.3, -0.25) is 4.79 Å². The van der Waals surface area contributed by atoms with E-state index in [2.05, 4.69) is 25.3 Å². The maximum Gasteiger partial charge on any atom is 0.244 e. The third-order valence-electron chi connectivity index (χ3n) is 3.57. The molecular weight excluding hydrogens is 384 g/mol. The Morgan fingerprint density at radius 3 is 2.61 bits per heavy atom. The van der Waals surface area contributed by atoms with Gasteiger partial charge < -0.3 is 14.8 Å². The molecule has 0 unspecified atom stereocenters. The van der Waals surface area contributed by atoms with E-state index in [-0.39, 0.29) is 17.3 Å². The van der Waals surface area contributed by atoms with Gasteiger partial charge in [-0.2, -0.15) is 0 Å². The second kappa shape index (κ2) is 7.70. The van der Waals surface area contributed by atoms with Crippen LogP contribution in [-0.2, 0) is 21.4 Å². The van der Waals surface area contributed by atoms with Crippen molar-refractivity contribution >= 4 is 44.9 Å². The predicted molar refractivity (Wildman–Crippen MR) is 104 cm³/mol. The van der Waals surface area contributed by atoms with Crippen LogP contribution in [0.1, 0.15) is 0 Å². The van der Waals surface area contributed by atoms with Crippen molar-refractivity contribution in [3.63, 3.8) is 0 Å². The van der Waals surface area contributed by atoms with Gasteiger partial charge >= 0.3 is 0 Å². The lowest BCUT2D eigenvalue weighted by Gasteiger charge is -2.07. The van der Waals surface area contributed by atoms with Gasteiger partial charge in [0.25, 0.3) is 0 Å². The quantitative estimate of drug-likeness (QED) is 0.446. The van der Waals surface area contributed by atoms with Crippen molar-refractivity contribution in [2.75, 3.05) is 19.4 Å². The summed E-state index contributed by atoms with van der Waals surface area (Å²) in [5.74, 6) is 0.0658. The monoisotopic (exact) mass is 402 g/mol. The summed E-state index contributed by atoms with van der Waals surface area (Å²) in [4.78, 5) is 30.8. The first-order valence-corrected chi connectivity index (χ1v) is 9.58. The summed E-state index contributed by atoms with van der Waals surface area (Å²) in [6.45, 7) is -0.0404. The molecule has 11 nitrogen and oxygen atoms in total. The molecular formula is C16H18N8O3S. The molecule has 0 atom stereocenters. The molecule has 0 aliphatic rings. The average Bonchev–Trinajstić information content (AvgIpc) is 3.03. The summed E-state index contributed by atoms with van der Waals surface area (Å²) < 4.78 is 24.1. The number of nitrogens with zero attached hydrogens (tertiary/aromatic N) is 6. The molecule has 0 radical (unpaired) electrons. The van der Waals surface area contributed by atoms with E-state index < -0.39 is 10.0 Å². The van der Waals surface area contributed by atoms with Gasteiger partial charge in [-0.25, -0.2) is 33.5 Å². The number of nitrogens with two attached hydrogens (primary N) is 1. The van der Waals surface area contributed by atoms with E-state index in [0.29, 0.717) is 22.7 Å². The smallest absolute Gasteiger partial charge is 0.244 e. The molecule has 2 aromatic heterocycles. The number of carbonyl (C=O) groups excluding carboxylic acids is 1. The number of aliphatic imine (C=N–C) groups is 1. The topological polar surface area (TPSA) is 148 Å². The fourth-order valence-electron chi connectivity index (χ4n) is 2.33. The molecule has 146 valence electrons. The molecule has 0 bridgehead atoms. The summed E-state index contributed by atoms with van der Waals surface area (Å²) >= 11 is 0. The predicted octanol–water partition coefficient (Wildman–Crippen LogP) is 0.334. The summed E-state index contributed by atoms with van der Waals surface area (Å²) in [6.07, 6.45) is 4.43. The third kappa shape index (κ3) is 4.47. The minimum Gasteiger partial charge on any atom is -0.369 e. The van der Waals surface area contributed by atoms with Crippen LogP contribution < -0.4 is 10.5 Å². The number of benzene rings is 1. The van der Waals surface area contributed by atoms with E-state index in [1.54, 1.807) is 15.8 Å². The number of sulfonamides is 1. The molecule has 0 spiro atoms. The number of primary sulfonamides is 1. The van der Waals surface area contributed by atoms with E-state index >= 15 is 0 Å². The van der Waals surface area contributed by atoms with Gasteiger partial charge in [0.2, 0.25) is 15.9 Å². The minimum atomic E-state index is -3.78. The molecule has 0 saturated heterocycles. The molecule has 3 N–H and O–H groups in total. The van der Waals surface area contributed by atoms with Crippen molar-refractivity contribution in [2.45, 2.75) is 11.4 Å². The van der Waals surface area contributed by atoms with Crippen molar-refractivity contribution in [3.8, 4) is 0 Å². The number of anilines is 1. The number of hydrogen-bond acceptors (Lipinski definition) is 7.